The van der Waals surface area contributed by atoms with Crippen molar-refractivity contribution in [3.05, 3.63) is 30.3 Å². The molecule has 2 rings (SSSR count). The van der Waals surface area contributed by atoms with E-state index in [0.29, 0.717) is 23.5 Å². The van der Waals surface area contributed by atoms with Crippen molar-refractivity contribution in [3.8, 4) is 0 Å². The van der Waals surface area contributed by atoms with Crippen LogP contribution in [-0.2, 0) is 14.6 Å². The predicted molar refractivity (Wildman–Crippen MR) is 87.6 cm³/mol. The molecule has 0 bridgehead atoms. The van der Waals surface area contributed by atoms with Crippen LogP contribution in [0.25, 0.3) is 0 Å². The van der Waals surface area contributed by atoms with E-state index in [-0.39, 0.29) is 17.7 Å². The van der Waals surface area contributed by atoms with Crippen molar-refractivity contribution in [3.63, 3.8) is 0 Å². The van der Waals surface area contributed by atoms with Crippen molar-refractivity contribution in [1.82, 2.24) is 4.90 Å². The third-order valence-corrected chi connectivity index (χ3v) is 6.44. The van der Waals surface area contributed by atoms with Crippen LogP contribution in [0.3, 0.4) is 0 Å². The van der Waals surface area contributed by atoms with Gasteiger partial charge in [0.05, 0.1) is 10.6 Å². The summed E-state index contributed by atoms with van der Waals surface area (Å²) in [5, 5.41) is 0. The minimum absolute atomic E-state index is 0.0448. The largest absolute Gasteiger partial charge is 0.300 e. The lowest BCUT2D eigenvalue weighted by molar-refractivity contribution is -0.122. The van der Waals surface area contributed by atoms with Gasteiger partial charge in [-0.15, -0.1) is 0 Å². The summed E-state index contributed by atoms with van der Waals surface area (Å²) in [6, 6.07) is 8.86. The first-order chi connectivity index (χ1) is 10.4. The summed E-state index contributed by atoms with van der Waals surface area (Å²) in [5.74, 6) is 0.513. The number of ketones is 1. The first-order valence-corrected chi connectivity index (χ1v) is 9.63. The number of rotatable bonds is 6. The van der Waals surface area contributed by atoms with Gasteiger partial charge >= 0.3 is 0 Å². The quantitative estimate of drug-likeness (QED) is 0.807. The maximum Gasteiger partial charge on any atom is 0.178 e. The Hall–Kier alpha value is -1.20. The van der Waals surface area contributed by atoms with E-state index in [1.54, 1.807) is 24.3 Å². The molecule has 1 fully saturated rings. The molecule has 1 saturated heterocycles. The molecule has 0 spiro atoms. The van der Waals surface area contributed by atoms with Crippen molar-refractivity contribution >= 4 is 15.6 Å². The summed E-state index contributed by atoms with van der Waals surface area (Å²) >= 11 is 0. The zero-order valence-corrected chi connectivity index (χ0v) is 14.2. The molecule has 0 amide bonds. The van der Waals surface area contributed by atoms with Crippen molar-refractivity contribution in [2.45, 2.75) is 44.0 Å². The van der Waals surface area contributed by atoms with Gasteiger partial charge in [0, 0.05) is 32.0 Å². The number of nitrogens with zero attached hydrogens (tertiary/aromatic N) is 1. The van der Waals surface area contributed by atoms with Gasteiger partial charge in [0.25, 0.3) is 0 Å². The smallest absolute Gasteiger partial charge is 0.178 e. The molecule has 0 radical (unpaired) electrons. The summed E-state index contributed by atoms with van der Waals surface area (Å²) in [6.45, 7) is 5.61. The first kappa shape index (κ1) is 17.2. The molecule has 1 heterocycles. The Morgan fingerprint density at radius 3 is 2.27 bits per heavy atom. The summed E-state index contributed by atoms with van der Waals surface area (Å²) in [6.07, 6.45) is 2.09. The minimum Gasteiger partial charge on any atom is -0.300 e. The third kappa shape index (κ3) is 4.17. The van der Waals surface area contributed by atoms with Gasteiger partial charge in [-0.05, 0) is 24.5 Å². The molecular formula is C17H25NO3S. The van der Waals surface area contributed by atoms with Crippen molar-refractivity contribution < 1.29 is 13.2 Å². The topological polar surface area (TPSA) is 54.5 Å². The van der Waals surface area contributed by atoms with Gasteiger partial charge in [0.2, 0.25) is 0 Å². The van der Waals surface area contributed by atoms with Crippen molar-refractivity contribution in [2.24, 2.45) is 5.92 Å². The molecule has 0 N–H and O–H groups in total. The van der Waals surface area contributed by atoms with Crippen molar-refractivity contribution in [1.29, 1.82) is 0 Å². The van der Waals surface area contributed by atoms with Gasteiger partial charge in [0.1, 0.15) is 5.78 Å². The molecule has 0 saturated carbocycles. The molecule has 2 atom stereocenters. The Balaban J connectivity index is 2.06. The van der Waals surface area contributed by atoms with Gasteiger partial charge in [-0.3, -0.25) is 9.69 Å². The second-order valence-corrected chi connectivity index (χ2v) is 8.16. The Morgan fingerprint density at radius 2 is 1.73 bits per heavy atom. The average Bonchev–Trinajstić information content (AvgIpc) is 2.50. The number of hydrogen-bond acceptors (Lipinski definition) is 4. The number of carbonyl (C=O) groups excluding carboxylic acids is 1. The number of hydrogen-bond donors (Lipinski definition) is 0. The lowest BCUT2D eigenvalue weighted by Gasteiger charge is -2.37. The molecule has 1 aliphatic heterocycles. The molecule has 1 aromatic carbocycles. The molecule has 0 aliphatic carbocycles. The number of piperidine rings is 1. The molecule has 0 aromatic heterocycles. The number of likely N-dealkylation sites (tertiary alicyclic amines) is 1. The highest BCUT2D eigenvalue weighted by Gasteiger charge is 2.29. The minimum atomic E-state index is -3.26. The second kappa shape index (κ2) is 7.38. The molecule has 22 heavy (non-hydrogen) atoms. The fourth-order valence-corrected chi connectivity index (χ4v) is 4.99. The molecule has 4 nitrogen and oxygen atoms in total. The maximum absolute atomic E-state index is 12.5. The van der Waals surface area contributed by atoms with E-state index in [9.17, 15) is 13.2 Å². The highest BCUT2D eigenvalue weighted by atomic mass is 32.2. The summed E-state index contributed by atoms with van der Waals surface area (Å²) in [4.78, 5) is 14.1. The van der Waals surface area contributed by atoms with Crippen LogP contribution in [0.1, 0.15) is 33.1 Å². The Bertz CT molecular complexity index is 588. The SMILES string of the molecule is CC[C@H]([C@H](C)CS(=O)(=O)c1ccccc1)N1CCC(=O)CC1. The van der Waals surface area contributed by atoms with Crippen LogP contribution in [0.2, 0.25) is 0 Å². The summed E-state index contributed by atoms with van der Waals surface area (Å²) in [7, 11) is -3.26. The molecule has 1 aliphatic rings. The highest BCUT2D eigenvalue weighted by Crippen LogP contribution is 2.23. The maximum atomic E-state index is 12.5. The Morgan fingerprint density at radius 1 is 1.14 bits per heavy atom. The Kier molecular flexibility index (Phi) is 5.75. The number of Topliss-reactive ketones (excluding diaryl/α,β-unsaturated/α-hetero) is 1. The van der Waals surface area contributed by atoms with Crippen LogP contribution in [0.15, 0.2) is 35.2 Å². The fourth-order valence-electron chi connectivity index (χ4n) is 3.31. The normalized spacial score (nSPS) is 19.8. The van der Waals surface area contributed by atoms with Gasteiger partial charge < -0.3 is 0 Å². The number of sulfone groups is 1. The van der Waals surface area contributed by atoms with Crippen LogP contribution in [0.4, 0.5) is 0 Å². The van der Waals surface area contributed by atoms with Crippen LogP contribution in [0, 0.1) is 5.92 Å². The second-order valence-electron chi connectivity index (χ2n) is 6.12. The van der Waals surface area contributed by atoms with Crippen LogP contribution in [-0.4, -0.2) is 44.0 Å². The van der Waals surface area contributed by atoms with Gasteiger partial charge in [0.15, 0.2) is 9.84 Å². The summed E-state index contributed by atoms with van der Waals surface area (Å²) in [5.41, 5.74) is 0. The molecular weight excluding hydrogens is 298 g/mol. The van der Waals surface area contributed by atoms with Crippen molar-refractivity contribution in [2.75, 3.05) is 18.8 Å². The molecule has 1 aromatic rings. The van der Waals surface area contributed by atoms with E-state index < -0.39 is 9.84 Å². The van der Waals surface area contributed by atoms with E-state index in [1.807, 2.05) is 13.0 Å². The zero-order chi connectivity index (χ0) is 16.2. The number of benzene rings is 1. The van der Waals surface area contributed by atoms with Crippen LogP contribution < -0.4 is 0 Å². The van der Waals surface area contributed by atoms with E-state index in [4.69, 9.17) is 0 Å². The van der Waals surface area contributed by atoms with Gasteiger partial charge in [-0.1, -0.05) is 32.0 Å². The van der Waals surface area contributed by atoms with E-state index >= 15 is 0 Å². The van der Waals surface area contributed by atoms with E-state index in [0.717, 1.165) is 19.5 Å². The molecule has 122 valence electrons. The number of carbonyl (C=O) groups is 1. The fraction of sp³-hybridized carbons (Fsp3) is 0.588. The molecule has 0 unspecified atom stereocenters. The van der Waals surface area contributed by atoms with Gasteiger partial charge in [-0.25, -0.2) is 8.42 Å². The first-order valence-electron chi connectivity index (χ1n) is 7.97. The Labute approximate surface area is 133 Å². The highest BCUT2D eigenvalue weighted by molar-refractivity contribution is 7.91. The standard InChI is InChI=1S/C17H25NO3S/c1-3-17(18-11-9-15(19)10-12-18)14(2)13-22(20,21)16-7-5-4-6-8-16/h4-8,14,17H,3,9-13H2,1-2H3/t14-,17-/m1/s1. The summed E-state index contributed by atoms with van der Waals surface area (Å²) < 4.78 is 25.1. The van der Waals surface area contributed by atoms with E-state index in [2.05, 4.69) is 11.8 Å². The lowest BCUT2D eigenvalue weighted by atomic mass is 9.97. The van der Waals surface area contributed by atoms with Crippen LogP contribution >= 0.6 is 0 Å². The lowest BCUT2D eigenvalue weighted by Crippen LogP contribution is -2.46. The monoisotopic (exact) mass is 323 g/mol. The average molecular weight is 323 g/mol. The predicted octanol–water partition coefficient (Wildman–Crippen LogP) is 2.54. The van der Waals surface area contributed by atoms with Gasteiger partial charge in [-0.2, -0.15) is 0 Å². The van der Waals surface area contributed by atoms with Crippen LogP contribution in [0.5, 0.6) is 0 Å². The zero-order valence-electron chi connectivity index (χ0n) is 13.4. The third-order valence-electron chi connectivity index (χ3n) is 4.48. The van der Waals surface area contributed by atoms with E-state index in [1.165, 1.54) is 0 Å². The molecule has 5 heteroatoms.